The summed E-state index contributed by atoms with van der Waals surface area (Å²) in [5, 5.41) is 4.28. The van der Waals surface area contributed by atoms with Crippen LogP contribution in [0.25, 0.3) is 11.1 Å². The molecule has 1 atom stereocenters. The number of benzene rings is 1. The van der Waals surface area contributed by atoms with Crippen molar-refractivity contribution in [2.24, 2.45) is 0 Å². The molecule has 0 radical (unpaired) electrons. The summed E-state index contributed by atoms with van der Waals surface area (Å²) in [5.41, 5.74) is 0.311. The average molecular weight is 390 g/mol. The molecular formula is C19H14F4N4O. The van der Waals surface area contributed by atoms with Gasteiger partial charge in [-0.3, -0.25) is 14.5 Å². The van der Waals surface area contributed by atoms with E-state index in [1.54, 1.807) is 35.4 Å². The molecule has 3 heterocycles. The number of anilines is 1. The van der Waals surface area contributed by atoms with E-state index in [1.165, 1.54) is 4.90 Å². The van der Waals surface area contributed by atoms with E-state index in [0.717, 1.165) is 17.7 Å². The first-order chi connectivity index (χ1) is 13.3. The molecule has 28 heavy (non-hydrogen) atoms. The third-order valence-corrected chi connectivity index (χ3v) is 4.67. The molecule has 0 fully saturated rings. The van der Waals surface area contributed by atoms with E-state index in [2.05, 4.69) is 10.1 Å². The number of hydrogen-bond acceptors (Lipinski definition) is 3. The maximum atomic E-state index is 14.0. The number of fused-ring (bicyclic) bond motifs is 1. The fourth-order valence-electron chi connectivity index (χ4n) is 3.33. The molecular weight excluding hydrogens is 376 g/mol. The molecule has 0 spiro atoms. The van der Waals surface area contributed by atoms with Gasteiger partial charge in [-0.15, -0.1) is 0 Å². The molecule has 3 aromatic rings. The Balaban J connectivity index is 1.77. The van der Waals surface area contributed by atoms with Crippen LogP contribution in [-0.2, 0) is 6.18 Å². The normalized spacial score (nSPS) is 17.0. The Hall–Kier alpha value is -3.23. The lowest BCUT2D eigenvalue weighted by Crippen LogP contribution is -2.43. The molecule has 1 aromatic carbocycles. The smallest absolute Gasteiger partial charge is 0.305 e. The van der Waals surface area contributed by atoms with Crippen molar-refractivity contribution in [2.45, 2.75) is 19.1 Å². The average Bonchev–Trinajstić information content (AvgIpc) is 3.10. The Morgan fingerprint density at radius 2 is 1.86 bits per heavy atom. The lowest BCUT2D eigenvalue weighted by atomic mass is 10.0. The van der Waals surface area contributed by atoms with Gasteiger partial charge in [-0.1, -0.05) is 0 Å². The Kier molecular flexibility index (Phi) is 4.17. The van der Waals surface area contributed by atoms with Gasteiger partial charge in [0.15, 0.2) is 0 Å². The zero-order chi connectivity index (χ0) is 20.1. The summed E-state index contributed by atoms with van der Waals surface area (Å²) in [6.07, 6.45) is -0.0664. The van der Waals surface area contributed by atoms with Gasteiger partial charge in [-0.05, 0) is 42.8 Å². The number of aromatic nitrogens is 3. The van der Waals surface area contributed by atoms with Crippen LogP contribution in [-0.4, -0.2) is 27.2 Å². The largest absolute Gasteiger partial charge is 0.419 e. The standard InChI is InChI=1S/C19H14F4N4O/c1-11-10-26(13-2-3-15(16(20)8-13)19(21,22)23)18(28)17-14(9-25-27(11)17)12-4-6-24-7-5-12/h2-9,11H,10H2,1H3/t11-/m0/s1. The van der Waals surface area contributed by atoms with Crippen molar-refractivity contribution in [2.75, 3.05) is 11.4 Å². The summed E-state index contributed by atoms with van der Waals surface area (Å²) in [6.45, 7) is 1.99. The number of carbonyl (C=O) groups is 1. The first-order valence-corrected chi connectivity index (χ1v) is 8.44. The Morgan fingerprint density at radius 1 is 1.14 bits per heavy atom. The Morgan fingerprint density at radius 3 is 2.50 bits per heavy atom. The van der Waals surface area contributed by atoms with Crippen LogP contribution in [0, 0.1) is 5.82 Å². The first kappa shape index (κ1) is 18.1. The summed E-state index contributed by atoms with van der Waals surface area (Å²) in [6, 6.07) is 5.71. The molecule has 144 valence electrons. The Bertz CT molecular complexity index is 1050. The molecule has 0 N–H and O–H groups in total. The van der Waals surface area contributed by atoms with Gasteiger partial charge in [0, 0.05) is 30.2 Å². The maximum absolute atomic E-state index is 14.0. The molecule has 1 amide bonds. The SMILES string of the molecule is C[C@H]1CN(c2ccc(C(F)(F)F)c(F)c2)C(=O)c2c(-c3ccncc3)cnn21. The third-order valence-electron chi connectivity index (χ3n) is 4.67. The van der Waals surface area contributed by atoms with Crippen LogP contribution >= 0.6 is 0 Å². The highest BCUT2D eigenvalue weighted by Gasteiger charge is 2.37. The van der Waals surface area contributed by atoms with Gasteiger partial charge < -0.3 is 4.90 Å². The molecule has 2 aromatic heterocycles. The van der Waals surface area contributed by atoms with Crippen molar-refractivity contribution in [1.82, 2.24) is 14.8 Å². The van der Waals surface area contributed by atoms with E-state index in [4.69, 9.17) is 0 Å². The third kappa shape index (κ3) is 2.92. The summed E-state index contributed by atoms with van der Waals surface area (Å²) in [5.74, 6) is -1.87. The number of hydrogen-bond donors (Lipinski definition) is 0. The number of halogens is 4. The van der Waals surface area contributed by atoms with E-state index in [1.807, 2.05) is 6.92 Å². The second kappa shape index (κ2) is 6.43. The second-order valence-corrected chi connectivity index (χ2v) is 6.51. The van der Waals surface area contributed by atoms with Crippen LogP contribution in [0.5, 0.6) is 0 Å². The van der Waals surface area contributed by atoms with Crippen LogP contribution < -0.4 is 4.90 Å². The minimum absolute atomic E-state index is 0.0653. The highest BCUT2D eigenvalue weighted by Crippen LogP contribution is 2.36. The minimum atomic E-state index is -4.80. The van der Waals surface area contributed by atoms with Gasteiger partial charge in [0.25, 0.3) is 5.91 Å². The van der Waals surface area contributed by atoms with Crippen molar-refractivity contribution in [3.8, 4) is 11.1 Å². The Labute approximate surface area is 157 Å². The predicted octanol–water partition coefficient (Wildman–Crippen LogP) is 4.32. The molecule has 0 saturated carbocycles. The molecule has 0 bridgehead atoms. The van der Waals surface area contributed by atoms with Crippen LogP contribution in [0.1, 0.15) is 29.0 Å². The number of amides is 1. The number of nitrogens with zero attached hydrogens (tertiary/aromatic N) is 4. The van der Waals surface area contributed by atoms with E-state index >= 15 is 0 Å². The van der Waals surface area contributed by atoms with E-state index in [9.17, 15) is 22.4 Å². The van der Waals surface area contributed by atoms with Gasteiger partial charge in [-0.2, -0.15) is 18.3 Å². The zero-order valence-corrected chi connectivity index (χ0v) is 14.6. The van der Waals surface area contributed by atoms with E-state index < -0.39 is 23.5 Å². The summed E-state index contributed by atoms with van der Waals surface area (Å²) in [4.78, 5) is 18.3. The van der Waals surface area contributed by atoms with Gasteiger partial charge in [0.05, 0.1) is 17.8 Å². The molecule has 9 heteroatoms. The lowest BCUT2D eigenvalue weighted by molar-refractivity contribution is -0.139. The zero-order valence-electron chi connectivity index (χ0n) is 14.6. The summed E-state index contributed by atoms with van der Waals surface area (Å²) in [7, 11) is 0. The van der Waals surface area contributed by atoms with Gasteiger partial charge in [-0.25, -0.2) is 4.39 Å². The van der Waals surface area contributed by atoms with Crippen molar-refractivity contribution in [3.63, 3.8) is 0 Å². The summed E-state index contributed by atoms with van der Waals surface area (Å²) < 4.78 is 54.1. The topological polar surface area (TPSA) is 51.0 Å². The van der Waals surface area contributed by atoms with Gasteiger partial charge in [0.1, 0.15) is 11.5 Å². The van der Waals surface area contributed by atoms with E-state index in [-0.39, 0.29) is 18.3 Å². The fraction of sp³-hybridized carbons (Fsp3) is 0.211. The molecule has 0 aliphatic carbocycles. The van der Waals surface area contributed by atoms with Crippen molar-refractivity contribution >= 4 is 11.6 Å². The van der Waals surface area contributed by atoms with Crippen molar-refractivity contribution in [1.29, 1.82) is 0 Å². The monoisotopic (exact) mass is 390 g/mol. The quantitative estimate of drug-likeness (QED) is 0.613. The highest BCUT2D eigenvalue weighted by atomic mass is 19.4. The van der Waals surface area contributed by atoms with Gasteiger partial charge >= 0.3 is 6.18 Å². The first-order valence-electron chi connectivity index (χ1n) is 8.44. The number of carbonyl (C=O) groups excluding carboxylic acids is 1. The van der Waals surface area contributed by atoms with Crippen LogP contribution in [0.15, 0.2) is 48.9 Å². The predicted molar refractivity (Wildman–Crippen MR) is 93.2 cm³/mol. The minimum Gasteiger partial charge on any atom is -0.305 e. The molecule has 1 aliphatic heterocycles. The molecule has 1 aliphatic rings. The molecule has 4 rings (SSSR count). The van der Waals surface area contributed by atoms with Crippen LogP contribution in [0.2, 0.25) is 0 Å². The number of alkyl halides is 3. The van der Waals surface area contributed by atoms with Crippen molar-refractivity contribution in [3.05, 3.63) is 66.0 Å². The van der Waals surface area contributed by atoms with Crippen LogP contribution in [0.4, 0.5) is 23.2 Å². The molecule has 0 saturated heterocycles. The lowest BCUT2D eigenvalue weighted by Gasteiger charge is -2.32. The summed E-state index contributed by atoms with van der Waals surface area (Å²) >= 11 is 0. The maximum Gasteiger partial charge on any atom is 0.419 e. The second-order valence-electron chi connectivity index (χ2n) is 6.51. The van der Waals surface area contributed by atoms with Crippen LogP contribution in [0.3, 0.4) is 0 Å². The number of pyridine rings is 1. The fourth-order valence-corrected chi connectivity index (χ4v) is 3.33. The highest BCUT2D eigenvalue weighted by molar-refractivity contribution is 6.09. The van der Waals surface area contributed by atoms with Gasteiger partial charge in [0.2, 0.25) is 0 Å². The molecule has 5 nitrogen and oxygen atoms in total. The van der Waals surface area contributed by atoms with Crippen molar-refractivity contribution < 1.29 is 22.4 Å². The number of rotatable bonds is 2. The molecule has 0 unspecified atom stereocenters. The van der Waals surface area contributed by atoms with E-state index in [0.29, 0.717) is 17.3 Å².